The molecule has 0 spiro atoms. The maximum Gasteiger partial charge on any atom is 0.122 e. The highest BCUT2D eigenvalue weighted by atomic mass is 32.2. The summed E-state index contributed by atoms with van der Waals surface area (Å²) in [4.78, 5) is 1.41. The van der Waals surface area contributed by atoms with E-state index in [9.17, 15) is 5.11 Å². The van der Waals surface area contributed by atoms with E-state index < -0.39 is 0 Å². The Hall–Kier alpha value is -0.630. The van der Waals surface area contributed by atoms with Gasteiger partial charge in [-0.25, -0.2) is 0 Å². The summed E-state index contributed by atoms with van der Waals surface area (Å²) in [5.74, 6) is 0.497. The minimum absolute atomic E-state index is 0.327. The average Bonchev–Trinajstić information content (AvgIpc) is 2.22. The van der Waals surface area contributed by atoms with Gasteiger partial charge in [0.05, 0.1) is 0 Å². The normalized spacial score (nSPS) is 18.3. The molecule has 1 aliphatic heterocycles. The molecule has 0 atom stereocenters. The van der Waals surface area contributed by atoms with Crippen molar-refractivity contribution >= 4 is 11.8 Å². The van der Waals surface area contributed by atoms with Gasteiger partial charge in [-0.3, -0.25) is 0 Å². The van der Waals surface area contributed by atoms with Gasteiger partial charge in [-0.15, -0.1) is 11.8 Å². The molecule has 16 heavy (non-hydrogen) atoms. The van der Waals surface area contributed by atoms with Crippen molar-refractivity contribution in [1.29, 1.82) is 0 Å². The van der Waals surface area contributed by atoms with Crippen molar-refractivity contribution in [3.63, 3.8) is 0 Å². The van der Waals surface area contributed by atoms with Gasteiger partial charge in [-0.1, -0.05) is 13.8 Å². The monoisotopic (exact) mass is 236 g/mol. The molecule has 1 nitrogen and oxygen atoms in total. The van der Waals surface area contributed by atoms with Crippen LogP contribution in [0.1, 0.15) is 42.5 Å². The van der Waals surface area contributed by atoms with Gasteiger partial charge in [-0.2, -0.15) is 0 Å². The molecule has 2 rings (SSSR count). The molecule has 0 fully saturated rings. The predicted octanol–water partition coefficient (Wildman–Crippen LogP) is 4.13. The second-order valence-corrected chi connectivity index (χ2v) is 7.11. The highest BCUT2D eigenvalue weighted by molar-refractivity contribution is 8.00. The molecule has 1 aliphatic rings. The third-order valence-electron chi connectivity index (χ3n) is 3.70. The second-order valence-electron chi connectivity index (χ2n) is 5.39. The molecule has 1 aromatic carbocycles. The Labute approximate surface area is 102 Å². The van der Waals surface area contributed by atoms with Crippen molar-refractivity contribution in [2.45, 2.75) is 57.1 Å². The Morgan fingerprint density at radius 3 is 2.31 bits per heavy atom. The summed E-state index contributed by atoms with van der Waals surface area (Å²) in [5.41, 5.74) is 4.75. The zero-order chi connectivity index (χ0) is 12.1. The van der Waals surface area contributed by atoms with Crippen LogP contribution in [-0.2, 0) is 6.42 Å². The number of hydrogen-bond donors (Lipinski definition) is 1. The highest BCUT2D eigenvalue weighted by Gasteiger charge is 2.29. The van der Waals surface area contributed by atoms with Crippen LogP contribution in [0.3, 0.4) is 0 Å². The molecule has 1 heterocycles. The van der Waals surface area contributed by atoms with E-state index in [0.717, 1.165) is 17.5 Å². The number of phenolic OH excluding ortho intramolecular Hbond substituents is 1. The fraction of sp³-hybridized carbons (Fsp3) is 0.571. The molecule has 88 valence electrons. The second kappa shape index (κ2) is 3.69. The van der Waals surface area contributed by atoms with E-state index in [1.807, 2.05) is 25.6 Å². The third-order valence-corrected chi connectivity index (χ3v) is 5.21. The minimum atomic E-state index is 0.327. The summed E-state index contributed by atoms with van der Waals surface area (Å²) in [7, 11) is 0. The third kappa shape index (κ3) is 1.73. The first kappa shape index (κ1) is 11.8. The lowest BCUT2D eigenvalue weighted by atomic mass is 9.93. The van der Waals surface area contributed by atoms with Crippen LogP contribution in [0, 0.1) is 20.8 Å². The van der Waals surface area contributed by atoms with Gasteiger partial charge in [0.1, 0.15) is 5.75 Å². The smallest absolute Gasteiger partial charge is 0.122 e. The Morgan fingerprint density at radius 2 is 1.69 bits per heavy atom. The van der Waals surface area contributed by atoms with Crippen molar-refractivity contribution in [3.8, 4) is 5.75 Å². The maximum atomic E-state index is 10.1. The molecule has 2 heteroatoms. The number of thioether (sulfide) groups is 1. The topological polar surface area (TPSA) is 20.2 Å². The summed E-state index contributed by atoms with van der Waals surface area (Å²) < 4.78 is 0.327. The van der Waals surface area contributed by atoms with Gasteiger partial charge in [0.15, 0.2) is 0 Å². The van der Waals surface area contributed by atoms with Crippen LogP contribution in [0.15, 0.2) is 4.90 Å². The lowest BCUT2D eigenvalue weighted by molar-refractivity contribution is 0.463. The molecule has 0 unspecified atom stereocenters. The zero-order valence-corrected chi connectivity index (χ0v) is 11.6. The Balaban J connectivity index is 2.65. The van der Waals surface area contributed by atoms with Crippen molar-refractivity contribution in [2.24, 2.45) is 0 Å². The fourth-order valence-electron chi connectivity index (χ4n) is 2.36. The molecule has 0 radical (unpaired) electrons. The van der Waals surface area contributed by atoms with Crippen LogP contribution in [-0.4, -0.2) is 9.85 Å². The van der Waals surface area contributed by atoms with E-state index in [4.69, 9.17) is 0 Å². The number of aromatic hydroxyl groups is 1. The zero-order valence-electron chi connectivity index (χ0n) is 10.8. The summed E-state index contributed by atoms with van der Waals surface area (Å²) in [6.45, 7) is 10.8. The molecule has 0 saturated carbocycles. The number of hydrogen-bond acceptors (Lipinski definition) is 2. The van der Waals surface area contributed by atoms with E-state index in [1.165, 1.54) is 22.4 Å². The average molecular weight is 236 g/mol. The maximum absolute atomic E-state index is 10.1. The van der Waals surface area contributed by atoms with Gasteiger partial charge < -0.3 is 5.11 Å². The standard InChI is InChI=1S/C14H20OS/c1-8-9(2)13-11(10(3)12(8)15)6-7-14(4,5)16-13/h15H,6-7H2,1-5H3. The first-order valence-electron chi connectivity index (χ1n) is 5.84. The summed E-state index contributed by atoms with van der Waals surface area (Å²) >= 11 is 1.97. The van der Waals surface area contributed by atoms with Crippen LogP contribution in [0.4, 0.5) is 0 Å². The predicted molar refractivity (Wildman–Crippen MR) is 70.6 cm³/mol. The van der Waals surface area contributed by atoms with E-state index in [-0.39, 0.29) is 0 Å². The molecule has 0 saturated heterocycles. The number of fused-ring (bicyclic) bond motifs is 1. The lowest BCUT2D eigenvalue weighted by Gasteiger charge is -2.33. The SMILES string of the molecule is Cc1c(C)c2c(c(C)c1O)CCC(C)(C)S2. The van der Waals surface area contributed by atoms with Gasteiger partial charge in [-0.05, 0) is 55.9 Å². The summed E-state index contributed by atoms with van der Waals surface area (Å²) in [6, 6.07) is 0. The lowest BCUT2D eigenvalue weighted by Crippen LogP contribution is -2.21. The number of phenols is 1. The van der Waals surface area contributed by atoms with Gasteiger partial charge >= 0.3 is 0 Å². The van der Waals surface area contributed by atoms with Crippen molar-refractivity contribution in [2.75, 3.05) is 0 Å². The van der Waals surface area contributed by atoms with Crippen LogP contribution >= 0.6 is 11.8 Å². The largest absolute Gasteiger partial charge is 0.507 e. The van der Waals surface area contributed by atoms with Crippen LogP contribution < -0.4 is 0 Å². The molecular weight excluding hydrogens is 216 g/mol. The van der Waals surface area contributed by atoms with Crippen LogP contribution in [0.2, 0.25) is 0 Å². The van der Waals surface area contributed by atoms with Crippen LogP contribution in [0.25, 0.3) is 0 Å². The molecule has 0 aromatic heterocycles. The Kier molecular flexibility index (Phi) is 2.73. The summed E-state index contributed by atoms with van der Waals surface area (Å²) in [5, 5.41) is 10.1. The minimum Gasteiger partial charge on any atom is -0.507 e. The molecule has 0 bridgehead atoms. The van der Waals surface area contributed by atoms with Gasteiger partial charge in [0, 0.05) is 9.64 Å². The number of benzene rings is 1. The molecular formula is C14H20OS. The van der Waals surface area contributed by atoms with E-state index in [1.54, 1.807) is 0 Å². The van der Waals surface area contributed by atoms with E-state index >= 15 is 0 Å². The summed E-state index contributed by atoms with van der Waals surface area (Å²) in [6.07, 6.45) is 2.28. The first-order chi connectivity index (χ1) is 7.33. The Bertz CT molecular complexity index is 447. The first-order valence-corrected chi connectivity index (χ1v) is 6.66. The van der Waals surface area contributed by atoms with Gasteiger partial charge in [0.25, 0.3) is 0 Å². The van der Waals surface area contributed by atoms with Gasteiger partial charge in [0.2, 0.25) is 0 Å². The molecule has 1 N–H and O–H groups in total. The van der Waals surface area contributed by atoms with Crippen molar-refractivity contribution in [1.82, 2.24) is 0 Å². The van der Waals surface area contributed by atoms with E-state index in [2.05, 4.69) is 20.8 Å². The quantitative estimate of drug-likeness (QED) is 0.730. The van der Waals surface area contributed by atoms with Crippen molar-refractivity contribution in [3.05, 3.63) is 22.3 Å². The Morgan fingerprint density at radius 1 is 1.06 bits per heavy atom. The highest BCUT2D eigenvalue weighted by Crippen LogP contribution is 2.48. The fourth-order valence-corrected chi connectivity index (χ4v) is 3.80. The van der Waals surface area contributed by atoms with Crippen LogP contribution in [0.5, 0.6) is 5.75 Å². The molecule has 0 aliphatic carbocycles. The number of rotatable bonds is 0. The molecule has 0 amide bonds. The van der Waals surface area contributed by atoms with Crippen molar-refractivity contribution < 1.29 is 5.11 Å². The van der Waals surface area contributed by atoms with E-state index in [0.29, 0.717) is 10.5 Å². The molecule has 1 aromatic rings.